The number of aliphatic hydroxyl groups is 2. The van der Waals surface area contributed by atoms with Crippen LogP contribution >= 0.6 is 0 Å². The maximum Gasteiger partial charge on any atom is 0.207 e. The summed E-state index contributed by atoms with van der Waals surface area (Å²) in [6.45, 7) is 3.20. The molecule has 8 rings (SSSR count). The normalized spacial score (nSPS) is 33.9. The predicted molar refractivity (Wildman–Crippen MR) is 258 cm³/mol. The summed E-state index contributed by atoms with van der Waals surface area (Å²) in [7, 11) is 5.18. The molecule has 11 unspecified atom stereocenters. The van der Waals surface area contributed by atoms with Crippen molar-refractivity contribution < 1.29 is 39.4 Å². The number of benzene rings is 2. The molecule has 0 aromatic heterocycles. The summed E-state index contributed by atoms with van der Waals surface area (Å²) in [5.74, 6) is 7.12. The number of carbonyl (C=O) groups excluding carboxylic acids is 1. The van der Waals surface area contributed by atoms with Gasteiger partial charge in [0.15, 0.2) is 35.1 Å². The van der Waals surface area contributed by atoms with Gasteiger partial charge in [0.2, 0.25) is 5.96 Å². The minimum Gasteiger partial charge on any atom is -0.504 e. The van der Waals surface area contributed by atoms with Gasteiger partial charge >= 0.3 is 0 Å². The monoisotopic (exact) mass is 909 g/mol. The Hall–Kier alpha value is -4.28. The van der Waals surface area contributed by atoms with Gasteiger partial charge in [0, 0.05) is 49.9 Å². The number of ether oxygens (including phenoxy) is 3. The molecule has 1 spiro atoms. The molecule has 5 aliphatic carbocycles. The third kappa shape index (κ3) is 9.70. The Labute approximate surface area is 392 Å². The number of hydrogen-bond donors (Lipinski definition) is 7. The molecule has 6 aliphatic rings. The summed E-state index contributed by atoms with van der Waals surface area (Å²) < 4.78 is 18.4. The number of carbonyl (C=O) groups is 1. The molecule has 12 heteroatoms. The highest BCUT2D eigenvalue weighted by Gasteiger charge is 2.58. The van der Waals surface area contributed by atoms with Gasteiger partial charge in [0.25, 0.3) is 0 Å². The lowest BCUT2D eigenvalue weighted by Gasteiger charge is -2.55. The second kappa shape index (κ2) is 20.9. The Balaban J connectivity index is 1.24. The molecule has 5 fully saturated rings. The van der Waals surface area contributed by atoms with Crippen LogP contribution in [0.1, 0.15) is 127 Å². The Morgan fingerprint density at radius 3 is 2.62 bits per heavy atom. The van der Waals surface area contributed by atoms with Crippen LogP contribution < -0.4 is 25.4 Å². The molecule has 12 nitrogen and oxygen atoms in total. The van der Waals surface area contributed by atoms with Gasteiger partial charge in [0.05, 0.1) is 19.4 Å². The topological polar surface area (TPSA) is 174 Å². The molecular weight excluding hydrogens is 833 g/mol. The maximum absolute atomic E-state index is 15.5. The van der Waals surface area contributed by atoms with Crippen LogP contribution in [-0.2, 0) is 21.4 Å². The molecule has 2 aromatic carbocycles. The Morgan fingerprint density at radius 2 is 1.83 bits per heavy atom. The first-order valence-corrected chi connectivity index (χ1v) is 25.2. The predicted octanol–water partition coefficient (Wildman–Crippen LogP) is 8.36. The third-order valence-corrected chi connectivity index (χ3v) is 17.3. The molecule has 0 amide bonds. The number of anilines is 1. The fraction of sp³-hybridized carbons (Fsp3) is 0.667. The highest BCUT2D eigenvalue weighted by Crippen LogP contribution is 2.64. The van der Waals surface area contributed by atoms with Crippen molar-refractivity contribution in [3.63, 3.8) is 0 Å². The summed E-state index contributed by atoms with van der Waals surface area (Å²) in [6.07, 6.45) is 19.3. The molecule has 2 aromatic rings. The molecule has 11 atom stereocenters. The number of nitrogens with zero attached hydrogens (tertiary/aromatic N) is 1. The molecule has 1 aliphatic heterocycles. The van der Waals surface area contributed by atoms with Crippen molar-refractivity contribution in [1.82, 2.24) is 10.6 Å². The summed E-state index contributed by atoms with van der Waals surface area (Å²) in [4.78, 5) is 20.0. The number of methoxy groups -OCH3 is 1. The number of aliphatic imine (C=N–C) groups is 1. The molecular formula is C54H76N4O8. The van der Waals surface area contributed by atoms with Crippen LogP contribution in [0.2, 0.25) is 0 Å². The number of phenolic OH excluding ortho intramolecular Hbond substituents is 2. The number of aromatic hydroxyl groups is 2. The Kier molecular flexibility index (Phi) is 15.3. The summed E-state index contributed by atoms with van der Waals surface area (Å²) in [6, 6.07) is 12.9. The smallest absolute Gasteiger partial charge is 0.207 e. The molecule has 5 saturated carbocycles. The number of allylic oxidation sites excluding steroid dienone is 2. The first-order valence-electron chi connectivity index (χ1n) is 25.2. The lowest BCUT2D eigenvalue weighted by atomic mass is 9.48. The number of fused-ring (bicyclic) bond motifs is 5. The van der Waals surface area contributed by atoms with Crippen molar-refractivity contribution in [2.24, 2.45) is 51.8 Å². The molecule has 360 valence electrons. The van der Waals surface area contributed by atoms with Gasteiger partial charge in [-0.15, -0.1) is 0 Å². The van der Waals surface area contributed by atoms with Gasteiger partial charge in [0.1, 0.15) is 5.60 Å². The molecule has 1 heterocycles. The highest BCUT2D eigenvalue weighted by molar-refractivity contribution is 5.97. The summed E-state index contributed by atoms with van der Waals surface area (Å²) in [5.41, 5.74) is 0.958. The summed E-state index contributed by atoms with van der Waals surface area (Å²) >= 11 is 0. The fourth-order valence-corrected chi connectivity index (χ4v) is 14.1. The first kappa shape index (κ1) is 48.2. The third-order valence-electron chi connectivity index (χ3n) is 17.3. The van der Waals surface area contributed by atoms with Crippen LogP contribution in [0.3, 0.4) is 0 Å². The Morgan fingerprint density at radius 1 is 1.00 bits per heavy atom. The van der Waals surface area contributed by atoms with E-state index in [-0.39, 0.29) is 47.1 Å². The average Bonchev–Trinajstić information content (AvgIpc) is 4.05. The SMILES string of the molecule is CCC1CCC2CC3CCCC34c3cc(c(O)c(OC5(CNC)CCC(CC(O)OCCCO)C5)c3)NC(=NC)NC#CCC3CCCC3(Cc3ccc(O)c(OC)c3)C(=O)C=CC4C2C1. The van der Waals surface area contributed by atoms with Crippen molar-refractivity contribution in [3.05, 3.63) is 53.6 Å². The highest BCUT2D eigenvalue weighted by atomic mass is 16.6. The number of likely N-dealkylation sites (N-methyl/N-ethyl adjacent to an activating group) is 1. The average molecular weight is 909 g/mol. The maximum atomic E-state index is 15.5. The van der Waals surface area contributed by atoms with Crippen LogP contribution in [0.4, 0.5) is 5.69 Å². The molecule has 2 bridgehead atoms. The second-order valence-electron chi connectivity index (χ2n) is 20.8. The number of hydrogen-bond acceptors (Lipinski definition) is 10. The van der Waals surface area contributed by atoms with E-state index in [0.717, 1.165) is 81.8 Å². The van der Waals surface area contributed by atoms with Gasteiger partial charge in [-0.2, -0.15) is 0 Å². The standard InChI is InChI=1S/C54H76N4O8/c1-5-35-13-15-38-29-40-11-7-21-54(40)41-30-44(50(63)47(31-41)66-52(34-55-2)22-19-37(32-52)28-49(62)65-25-9-24-59)58-51(56-3)57-23-8-12-39-10-6-20-53(39,48(61)18-16-43(54)42(38)26-35)33-36-14-17-45(60)46(27-36)64-4/h14,16-18,27,30-31,35,37-40,42-43,49,55,59-60,62-63H,5-7,9-13,15,19-22,24-26,28-29,32-34H2,1-4H3,(H2,56,57,58). The lowest BCUT2D eigenvalue weighted by Crippen LogP contribution is -2.51. The van der Waals surface area contributed by atoms with Crippen molar-refractivity contribution in [2.45, 2.75) is 140 Å². The van der Waals surface area contributed by atoms with E-state index in [2.05, 4.69) is 58.0 Å². The van der Waals surface area contributed by atoms with E-state index in [0.29, 0.717) is 92.1 Å². The van der Waals surface area contributed by atoms with Gasteiger partial charge in [-0.05, 0) is 167 Å². The zero-order valence-electron chi connectivity index (χ0n) is 39.9. The van der Waals surface area contributed by atoms with Gasteiger partial charge in [-0.3, -0.25) is 15.1 Å². The first-order chi connectivity index (χ1) is 32.0. The fourth-order valence-electron chi connectivity index (χ4n) is 14.1. The molecule has 7 N–H and O–H groups in total. The van der Waals surface area contributed by atoms with E-state index in [4.69, 9.17) is 14.2 Å². The number of guanidine groups is 1. The molecule has 0 radical (unpaired) electrons. The second-order valence-corrected chi connectivity index (χ2v) is 20.8. The number of aliphatic hydroxyl groups excluding tert-OH is 2. The molecule has 66 heavy (non-hydrogen) atoms. The number of phenols is 2. The van der Waals surface area contributed by atoms with Gasteiger partial charge in [-0.1, -0.05) is 50.7 Å². The van der Waals surface area contributed by atoms with E-state index in [9.17, 15) is 20.4 Å². The van der Waals surface area contributed by atoms with Crippen molar-refractivity contribution in [3.8, 4) is 35.0 Å². The van der Waals surface area contributed by atoms with E-state index < -0.39 is 17.3 Å². The zero-order chi connectivity index (χ0) is 46.5. The number of ketones is 1. The minimum atomic E-state index is -0.926. The molecule has 0 saturated heterocycles. The van der Waals surface area contributed by atoms with E-state index >= 15 is 4.79 Å². The van der Waals surface area contributed by atoms with Crippen LogP contribution in [-0.4, -0.2) is 85.0 Å². The number of nitrogens with one attached hydrogen (secondary N) is 3. The minimum absolute atomic E-state index is 0.00860. The van der Waals surface area contributed by atoms with Crippen LogP contribution in [0, 0.1) is 58.8 Å². The largest absolute Gasteiger partial charge is 0.504 e. The quantitative estimate of drug-likeness (QED) is 0.0420. The van der Waals surface area contributed by atoms with E-state index in [1.807, 2.05) is 25.3 Å². The van der Waals surface area contributed by atoms with Crippen LogP contribution in [0.25, 0.3) is 0 Å². The lowest BCUT2D eigenvalue weighted by molar-refractivity contribution is -0.125. The summed E-state index contributed by atoms with van der Waals surface area (Å²) in [5, 5.41) is 52.9. The van der Waals surface area contributed by atoms with Crippen LogP contribution in [0.5, 0.6) is 23.0 Å². The van der Waals surface area contributed by atoms with Gasteiger partial charge in [-0.25, -0.2) is 0 Å². The van der Waals surface area contributed by atoms with Crippen molar-refractivity contribution in [2.75, 3.05) is 46.3 Å². The Bertz CT molecular complexity index is 2150. The van der Waals surface area contributed by atoms with Gasteiger partial charge < -0.3 is 45.3 Å². The van der Waals surface area contributed by atoms with E-state index in [1.54, 1.807) is 20.2 Å². The number of rotatable bonds is 14. The van der Waals surface area contributed by atoms with Crippen molar-refractivity contribution >= 4 is 17.4 Å². The van der Waals surface area contributed by atoms with Crippen LogP contribution in [0.15, 0.2) is 47.5 Å². The zero-order valence-corrected chi connectivity index (χ0v) is 39.9. The van der Waals surface area contributed by atoms with E-state index in [1.165, 1.54) is 12.8 Å². The van der Waals surface area contributed by atoms with Crippen molar-refractivity contribution in [1.29, 1.82) is 0 Å².